The van der Waals surface area contributed by atoms with Crippen LogP contribution in [-0.4, -0.2) is 40.8 Å². The molecule has 2 amide bonds. The molecule has 1 aliphatic heterocycles. The standard InChI is InChI=1S/C28H29N5O2S/c1-19(34)29-22-8-10-23(11-9-22)30-27(35)21-7-12-25-26(17-21)36-28(32-25)31-24-13-15-33(16-14-24)18-20-5-3-2-4-6-20/h2-12,17,24H,13-16,18H2,1H3,(H,29,34)(H,30,35)(H,31,32). The number of hydrogen-bond acceptors (Lipinski definition) is 6. The van der Waals surface area contributed by atoms with Gasteiger partial charge in [-0.2, -0.15) is 0 Å². The molecule has 1 aliphatic rings. The van der Waals surface area contributed by atoms with Crippen molar-refractivity contribution in [2.75, 3.05) is 29.0 Å². The summed E-state index contributed by atoms with van der Waals surface area (Å²) in [5.41, 5.74) is 4.18. The third-order valence-electron chi connectivity index (χ3n) is 6.28. The highest BCUT2D eigenvalue weighted by Gasteiger charge is 2.20. The predicted molar refractivity (Wildman–Crippen MR) is 147 cm³/mol. The van der Waals surface area contributed by atoms with Crippen molar-refractivity contribution in [2.24, 2.45) is 0 Å². The van der Waals surface area contributed by atoms with Crippen molar-refractivity contribution in [1.29, 1.82) is 0 Å². The molecule has 0 atom stereocenters. The molecule has 7 nitrogen and oxygen atoms in total. The average Bonchev–Trinajstić information content (AvgIpc) is 3.28. The largest absolute Gasteiger partial charge is 0.359 e. The SMILES string of the molecule is CC(=O)Nc1ccc(NC(=O)c2ccc3nc(NC4CCN(Cc5ccccc5)CC4)sc3c2)cc1. The smallest absolute Gasteiger partial charge is 0.255 e. The van der Waals surface area contributed by atoms with Gasteiger partial charge in [-0.25, -0.2) is 4.98 Å². The molecule has 0 bridgehead atoms. The average molecular weight is 500 g/mol. The van der Waals surface area contributed by atoms with Crippen LogP contribution in [-0.2, 0) is 11.3 Å². The fraction of sp³-hybridized carbons (Fsp3) is 0.250. The van der Waals surface area contributed by atoms with E-state index < -0.39 is 0 Å². The number of thiazole rings is 1. The highest BCUT2D eigenvalue weighted by Crippen LogP contribution is 2.29. The Bertz CT molecular complexity index is 1350. The minimum Gasteiger partial charge on any atom is -0.359 e. The number of anilines is 3. The van der Waals surface area contributed by atoms with Gasteiger partial charge >= 0.3 is 0 Å². The highest BCUT2D eigenvalue weighted by atomic mass is 32.1. The summed E-state index contributed by atoms with van der Waals surface area (Å²) < 4.78 is 0.979. The molecule has 1 fully saturated rings. The molecule has 36 heavy (non-hydrogen) atoms. The molecule has 0 saturated carbocycles. The highest BCUT2D eigenvalue weighted by molar-refractivity contribution is 7.22. The normalized spacial score (nSPS) is 14.5. The van der Waals surface area contributed by atoms with Gasteiger partial charge in [0.1, 0.15) is 0 Å². The maximum Gasteiger partial charge on any atom is 0.255 e. The van der Waals surface area contributed by atoms with Gasteiger partial charge in [0.05, 0.1) is 10.2 Å². The first-order valence-electron chi connectivity index (χ1n) is 12.1. The zero-order chi connectivity index (χ0) is 24.9. The Morgan fingerprint density at radius 3 is 2.33 bits per heavy atom. The van der Waals surface area contributed by atoms with Gasteiger partial charge in [-0.1, -0.05) is 41.7 Å². The molecule has 4 aromatic rings. The van der Waals surface area contributed by atoms with Gasteiger partial charge in [0.2, 0.25) is 5.91 Å². The first-order chi connectivity index (χ1) is 17.5. The third-order valence-corrected chi connectivity index (χ3v) is 7.23. The van der Waals surface area contributed by atoms with Crippen molar-refractivity contribution in [3.8, 4) is 0 Å². The van der Waals surface area contributed by atoms with Crippen LogP contribution < -0.4 is 16.0 Å². The minimum absolute atomic E-state index is 0.132. The fourth-order valence-electron chi connectivity index (χ4n) is 4.42. The van der Waals surface area contributed by atoms with Crippen molar-refractivity contribution < 1.29 is 9.59 Å². The van der Waals surface area contributed by atoms with E-state index in [0.717, 1.165) is 47.8 Å². The van der Waals surface area contributed by atoms with Gasteiger partial charge in [-0.15, -0.1) is 0 Å². The van der Waals surface area contributed by atoms with E-state index in [1.807, 2.05) is 12.1 Å². The van der Waals surface area contributed by atoms with Crippen LogP contribution in [0.3, 0.4) is 0 Å². The van der Waals surface area contributed by atoms with E-state index in [0.29, 0.717) is 23.0 Å². The molecule has 0 unspecified atom stereocenters. The molecule has 5 rings (SSSR count). The second-order valence-corrected chi connectivity index (χ2v) is 10.1. The maximum atomic E-state index is 12.8. The number of fused-ring (bicyclic) bond motifs is 1. The van der Waals surface area contributed by atoms with Crippen molar-refractivity contribution >= 4 is 49.9 Å². The van der Waals surface area contributed by atoms with Gasteiger partial charge in [-0.05, 0) is 60.9 Å². The molecule has 3 aromatic carbocycles. The van der Waals surface area contributed by atoms with E-state index in [1.54, 1.807) is 41.7 Å². The van der Waals surface area contributed by atoms with E-state index in [1.165, 1.54) is 12.5 Å². The molecule has 2 heterocycles. The number of benzene rings is 3. The first-order valence-corrected chi connectivity index (χ1v) is 13.0. The van der Waals surface area contributed by atoms with Crippen molar-refractivity contribution in [3.63, 3.8) is 0 Å². The molecule has 0 spiro atoms. The Hall–Kier alpha value is -3.75. The zero-order valence-corrected chi connectivity index (χ0v) is 21.0. The van der Waals surface area contributed by atoms with E-state index in [9.17, 15) is 9.59 Å². The maximum absolute atomic E-state index is 12.8. The second-order valence-electron chi connectivity index (χ2n) is 9.09. The summed E-state index contributed by atoms with van der Waals surface area (Å²) in [4.78, 5) is 31.2. The number of carbonyl (C=O) groups is 2. The number of aromatic nitrogens is 1. The Kier molecular flexibility index (Phi) is 7.25. The lowest BCUT2D eigenvalue weighted by Crippen LogP contribution is -2.38. The van der Waals surface area contributed by atoms with Crippen LogP contribution in [0.2, 0.25) is 0 Å². The van der Waals surface area contributed by atoms with Gasteiger partial charge < -0.3 is 16.0 Å². The molecule has 0 radical (unpaired) electrons. The van der Waals surface area contributed by atoms with Crippen LogP contribution in [0.15, 0.2) is 72.8 Å². The van der Waals surface area contributed by atoms with Crippen molar-refractivity contribution in [1.82, 2.24) is 9.88 Å². The monoisotopic (exact) mass is 499 g/mol. The van der Waals surface area contributed by atoms with E-state index in [-0.39, 0.29) is 11.8 Å². The van der Waals surface area contributed by atoms with Crippen LogP contribution in [0.1, 0.15) is 35.7 Å². The molecular weight excluding hydrogens is 470 g/mol. The van der Waals surface area contributed by atoms with E-state index >= 15 is 0 Å². The van der Waals surface area contributed by atoms with Crippen LogP contribution in [0, 0.1) is 0 Å². The summed E-state index contributed by atoms with van der Waals surface area (Å²) in [5.74, 6) is -0.315. The Morgan fingerprint density at radius 1 is 0.944 bits per heavy atom. The lowest BCUT2D eigenvalue weighted by Gasteiger charge is -2.32. The number of nitrogens with one attached hydrogen (secondary N) is 3. The summed E-state index contributed by atoms with van der Waals surface area (Å²) in [6.07, 6.45) is 2.16. The van der Waals surface area contributed by atoms with Crippen molar-refractivity contribution in [3.05, 3.63) is 83.9 Å². The summed E-state index contributed by atoms with van der Waals surface area (Å²) in [5, 5.41) is 10.1. The van der Waals surface area contributed by atoms with Crippen LogP contribution >= 0.6 is 11.3 Å². The Morgan fingerprint density at radius 2 is 1.64 bits per heavy atom. The second kappa shape index (κ2) is 10.9. The summed E-state index contributed by atoms with van der Waals surface area (Å²) in [6, 6.07) is 23.7. The Labute approximate surface area is 214 Å². The number of carbonyl (C=O) groups excluding carboxylic acids is 2. The number of rotatable bonds is 7. The molecule has 3 N–H and O–H groups in total. The quantitative estimate of drug-likeness (QED) is 0.309. The number of hydrogen-bond donors (Lipinski definition) is 3. The van der Waals surface area contributed by atoms with Gasteiger partial charge in [0.25, 0.3) is 5.91 Å². The molecule has 1 aromatic heterocycles. The minimum atomic E-state index is -0.183. The molecular formula is C28H29N5O2S. The third kappa shape index (κ3) is 6.08. The zero-order valence-electron chi connectivity index (χ0n) is 20.2. The lowest BCUT2D eigenvalue weighted by atomic mass is 10.0. The van der Waals surface area contributed by atoms with Gasteiger partial charge in [0.15, 0.2) is 5.13 Å². The predicted octanol–water partition coefficient (Wildman–Crippen LogP) is 5.58. The topological polar surface area (TPSA) is 86.4 Å². The van der Waals surface area contributed by atoms with Crippen molar-refractivity contribution in [2.45, 2.75) is 32.4 Å². The van der Waals surface area contributed by atoms with Crippen LogP contribution in [0.25, 0.3) is 10.2 Å². The molecule has 184 valence electrons. The molecule has 0 aliphatic carbocycles. The summed E-state index contributed by atoms with van der Waals surface area (Å²) in [7, 11) is 0. The van der Waals surface area contributed by atoms with Gasteiger partial charge in [-0.3, -0.25) is 14.5 Å². The number of likely N-dealkylation sites (tertiary alicyclic amines) is 1. The van der Waals surface area contributed by atoms with Crippen LogP contribution in [0.5, 0.6) is 0 Å². The summed E-state index contributed by atoms with van der Waals surface area (Å²) >= 11 is 1.58. The van der Waals surface area contributed by atoms with Gasteiger partial charge in [0, 0.05) is 49.5 Å². The summed E-state index contributed by atoms with van der Waals surface area (Å²) in [6.45, 7) is 4.59. The van der Waals surface area contributed by atoms with E-state index in [2.05, 4.69) is 51.2 Å². The molecule has 8 heteroatoms. The lowest BCUT2D eigenvalue weighted by molar-refractivity contribution is -0.114. The number of piperidine rings is 1. The fourth-order valence-corrected chi connectivity index (χ4v) is 5.40. The number of amides is 2. The first kappa shape index (κ1) is 24.0. The van der Waals surface area contributed by atoms with Crippen LogP contribution in [0.4, 0.5) is 16.5 Å². The van der Waals surface area contributed by atoms with E-state index in [4.69, 9.17) is 4.98 Å². The molecule has 1 saturated heterocycles. The number of nitrogens with zero attached hydrogens (tertiary/aromatic N) is 2. The Balaban J connectivity index is 1.17.